The van der Waals surface area contributed by atoms with Crippen molar-refractivity contribution in [1.29, 1.82) is 0 Å². The Hall–Kier alpha value is -2.44. The molecule has 0 spiro atoms. The third-order valence-corrected chi connectivity index (χ3v) is 4.94. The fraction of sp³-hybridized carbons (Fsp3) is 0.211. The Kier molecular flexibility index (Phi) is 5.31. The first-order valence-corrected chi connectivity index (χ1v) is 8.71. The van der Waals surface area contributed by atoms with Crippen LogP contribution in [0.5, 0.6) is 5.75 Å². The Morgan fingerprint density at radius 2 is 2.00 bits per heavy atom. The van der Waals surface area contributed by atoms with Crippen LogP contribution in [-0.4, -0.2) is 23.7 Å². The number of nitrogens with one attached hydrogen (secondary N) is 1. The van der Waals surface area contributed by atoms with Crippen LogP contribution in [0.25, 0.3) is 10.1 Å². The van der Waals surface area contributed by atoms with Gasteiger partial charge in [-0.2, -0.15) is 0 Å². The monoisotopic (exact) mass is 359 g/mol. The molecule has 3 rings (SSSR count). The standard InChI is InChI=1S/C19H18FNO3S/c1-12(10-22)21-19(23)18-14(11-24-13-6-3-2-4-7-13)17-15(20)8-5-9-16(17)25-18/h2-9,12,22H,10-11H2,1H3,(H,21,23). The molecule has 2 aromatic carbocycles. The highest BCUT2D eigenvalue weighted by Gasteiger charge is 2.22. The molecule has 25 heavy (non-hydrogen) atoms. The Morgan fingerprint density at radius 1 is 1.24 bits per heavy atom. The van der Waals surface area contributed by atoms with Crippen molar-refractivity contribution in [1.82, 2.24) is 5.32 Å². The molecule has 0 aliphatic heterocycles. The number of carbonyl (C=O) groups excluding carboxylic acids is 1. The van der Waals surface area contributed by atoms with Crippen LogP contribution in [0, 0.1) is 5.82 Å². The van der Waals surface area contributed by atoms with Crippen LogP contribution in [0.4, 0.5) is 4.39 Å². The summed E-state index contributed by atoms with van der Waals surface area (Å²) in [5.74, 6) is -0.0725. The zero-order chi connectivity index (χ0) is 17.8. The van der Waals surface area contributed by atoms with E-state index in [1.54, 1.807) is 31.2 Å². The van der Waals surface area contributed by atoms with Crippen LogP contribution in [0.2, 0.25) is 0 Å². The number of ether oxygens (including phenoxy) is 1. The molecule has 0 fully saturated rings. The van der Waals surface area contributed by atoms with Gasteiger partial charge in [-0.25, -0.2) is 4.39 Å². The summed E-state index contributed by atoms with van der Waals surface area (Å²) in [6.45, 7) is 1.62. The molecule has 2 N–H and O–H groups in total. The van der Waals surface area contributed by atoms with E-state index >= 15 is 0 Å². The van der Waals surface area contributed by atoms with Gasteiger partial charge in [0, 0.05) is 21.7 Å². The number of halogens is 1. The molecule has 3 aromatic rings. The molecule has 130 valence electrons. The van der Waals surface area contributed by atoms with Crippen LogP contribution in [0.15, 0.2) is 48.5 Å². The van der Waals surface area contributed by atoms with Gasteiger partial charge < -0.3 is 15.2 Å². The van der Waals surface area contributed by atoms with E-state index in [1.807, 2.05) is 18.2 Å². The summed E-state index contributed by atoms with van der Waals surface area (Å²) in [5.41, 5.74) is 0.518. The van der Waals surface area contributed by atoms with Crippen LogP contribution >= 0.6 is 11.3 Å². The lowest BCUT2D eigenvalue weighted by molar-refractivity contribution is 0.0924. The molecule has 1 heterocycles. The van der Waals surface area contributed by atoms with Gasteiger partial charge in [-0.1, -0.05) is 24.3 Å². The second-order valence-electron chi connectivity index (χ2n) is 5.68. The quantitative estimate of drug-likeness (QED) is 0.705. The maximum Gasteiger partial charge on any atom is 0.262 e. The van der Waals surface area contributed by atoms with E-state index in [0.29, 0.717) is 26.3 Å². The van der Waals surface area contributed by atoms with Crippen molar-refractivity contribution in [3.63, 3.8) is 0 Å². The number of aliphatic hydroxyl groups excluding tert-OH is 1. The highest BCUT2D eigenvalue weighted by molar-refractivity contribution is 7.21. The lowest BCUT2D eigenvalue weighted by Gasteiger charge is -2.12. The summed E-state index contributed by atoms with van der Waals surface area (Å²) >= 11 is 1.22. The van der Waals surface area contributed by atoms with Gasteiger partial charge in [0.15, 0.2) is 0 Å². The largest absolute Gasteiger partial charge is 0.489 e. The van der Waals surface area contributed by atoms with E-state index in [-0.39, 0.29) is 31.0 Å². The normalized spacial score (nSPS) is 12.1. The molecule has 1 unspecified atom stereocenters. The number of amides is 1. The van der Waals surface area contributed by atoms with Crippen LogP contribution in [0.1, 0.15) is 22.2 Å². The number of para-hydroxylation sites is 1. The van der Waals surface area contributed by atoms with Crippen molar-refractivity contribution in [2.75, 3.05) is 6.61 Å². The number of rotatable bonds is 6. The van der Waals surface area contributed by atoms with Crippen LogP contribution < -0.4 is 10.1 Å². The minimum absolute atomic E-state index is 0.0845. The molecule has 4 nitrogen and oxygen atoms in total. The number of aliphatic hydroxyl groups is 1. The Morgan fingerprint density at radius 3 is 2.72 bits per heavy atom. The van der Waals surface area contributed by atoms with Gasteiger partial charge in [0.2, 0.25) is 0 Å². The lowest BCUT2D eigenvalue weighted by atomic mass is 10.1. The van der Waals surface area contributed by atoms with Gasteiger partial charge in [0.1, 0.15) is 18.2 Å². The van der Waals surface area contributed by atoms with Crippen molar-refractivity contribution in [2.45, 2.75) is 19.6 Å². The highest BCUT2D eigenvalue weighted by atomic mass is 32.1. The van der Waals surface area contributed by atoms with Crippen molar-refractivity contribution in [3.8, 4) is 5.75 Å². The molecule has 0 aliphatic rings. The fourth-order valence-electron chi connectivity index (χ4n) is 2.50. The SMILES string of the molecule is CC(CO)NC(=O)c1sc2cccc(F)c2c1COc1ccccc1. The van der Waals surface area contributed by atoms with E-state index in [2.05, 4.69) is 5.32 Å². The molecule has 0 aliphatic carbocycles. The summed E-state index contributed by atoms with van der Waals surface area (Å²) in [5, 5.41) is 12.3. The van der Waals surface area contributed by atoms with E-state index in [9.17, 15) is 9.18 Å². The summed E-state index contributed by atoms with van der Waals surface area (Å²) in [4.78, 5) is 12.9. The van der Waals surface area contributed by atoms with Gasteiger partial charge in [0.05, 0.1) is 11.5 Å². The van der Waals surface area contributed by atoms with Gasteiger partial charge in [-0.05, 0) is 31.2 Å². The number of fused-ring (bicyclic) bond motifs is 1. The Labute approximate surface area is 148 Å². The highest BCUT2D eigenvalue weighted by Crippen LogP contribution is 2.34. The first-order valence-electron chi connectivity index (χ1n) is 7.89. The van der Waals surface area contributed by atoms with E-state index in [4.69, 9.17) is 9.84 Å². The maximum absolute atomic E-state index is 14.4. The van der Waals surface area contributed by atoms with Crippen molar-refractivity contribution >= 4 is 27.3 Å². The zero-order valence-corrected chi connectivity index (χ0v) is 14.5. The second kappa shape index (κ2) is 7.63. The van der Waals surface area contributed by atoms with E-state index in [0.717, 1.165) is 0 Å². The molecule has 1 amide bonds. The van der Waals surface area contributed by atoms with E-state index < -0.39 is 0 Å². The molecule has 1 atom stereocenters. The third-order valence-electron chi connectivity index (χ3n) is 3.75. The topological polar surface area (TPSA) is 58.6 Å². The van der Waals surface area contributed by atoms with E-state index in [1.165, 1.54) is 17.4 Å². The summed E-state index contributed by atoms with van der Waals surface area (Å²) in [6, 6.07) is 13.6. The number of hydrogen-bond acceptors (Lipinski definition) is 4. The van der Waals surface area contributed by atoms with Gasteiger partial charge in [-0.3, -0.25) is 4.79 Å². The predicted molar refractivity (Wildman–Crippen MR) is 96.6 cm³/mol. The molecule has 1 aromatic heterocycles. The Bertz CT molecular complexity index is 879. The number of thiophene rings is 1. The smallest absolute Gasteiger partial charge is 0.262 e. The van der Waals surface area contributed by atoms with Crippen molar-refractivity contribution in [2.24, 2.45) is 0 Å². The molecule has 0 radical (unpaired) electrons. The minimum Gasteiger partial charge on any atom is -0.489 e. The number of carbonyl (C=O) groups is 1. The first kappa shape index (κ1) is 17.4. The Balaban J connectivity index is 1.98. The third kappa shape index (κ3) is 3.81. The van der Waals surface area contributed by atoms with Crippen LogP contribution in [0.3, 0.4) is 0 Å². The molecular formula is C19H18FNO3S. The maximum atomic E-state index is 14.4. The predicted octanol–water partition coefficient (Wildman–Crippen LogP) is 3.73. The lowest BCUT2D eigenvalue weighted by Crippen LogP contribution is -2.35. The average Bonchev–Trinajstić information content (AvgIpc) is 3.01. The molecular weight excluding hydrogens is 341 g/mol. The number of hydrogen-bond donors (Lipinski definition) is 2. The summed E-state index contributed by atoms with van der Waals surface area (Å²) < 4.78 is 20.8. The summed E-state index contributed by atoms with van der Waals surface area (Å²) in [7, 11) is 0. The summed E-state index contributed by atoms with van der Waals surface area (Å²) in [6.07, 6.45) is 0. The number of benzene rings is 2. The molecule has 6 heteroatoms. The van der Waals surface area contributed by atoms with Gasteiger partial charge in [-0.15, -0.1) is 11.3 Å². The van der Waals surface area contributed by atoms with Crippen LogP contribution in [-0.2, 0) is 6.61 Å². The van der Waals surface area contributed by atoms with Crippen molar-refractivity contribution in [3.05, 3.63) is 64.8 Å². The first-order chi connectivity index (χ1) is 12.1. The molecule has 0 saturated heterocycles. The zero-order valence-electron chi connectivity index (χ0n) is 13.7. The second-order valence-corrected chi connectivity index (χ2v) is 6.73. The fourth-order valence-corrected chi connectivity index (χ4v) is 3.62. The van der Waals surface area contributed by atoms with Gasteiger partial charge >= 0.3 is 0 Å². The molecule has 0 bridgehead atoms. The minimum atomic E-state index is -0.384. The van der Waals surface area contributed by atoms with Gasteiger partial charge in [0.25, 0.3) is 5.91 Å². The molecule has 0 saturated carbocycles. The average molecular weight is 359 g/mol. The van der Waals surface area contributed by atoms with Crippen molar-refractivity contribution < 1.29 is 19.0 Å².